The number of aryl methyl sites for hydroxylation is 1. The Bertz CT molecular complexity index is 620. The molecule has 2 aromatic rings. The molecule has 0 bridgehead atoms. The van der Waals surface area contributed by atoms with Crippen molar-refractivity contribution in [3.05, 3.63) is 52.7 Å². The summed E-state index contributed by atoms with van der Waals surface area (Å²) in [6, 6.07) is 8.24. The van der Waals surface area contributed by atoms with Crippen molar-refractivity contribution >= 4 is 0 Å². The molecule has 0 amide bonds. The molecule has 2 heterocycles. The third kappa shape index (κ3) is 2.69. The lowest BCUT2D eigenvalue weighted by atomic mass is 10.2. The Balaban J connectivity index is 1.74. The van der Waals surface area contributed by atoms with Crippen LogP contribution in [0.3, 0.4) is 0 Å². The molecule has 0 aliphatic carbocycles. The first-order valence-electron chi connectivity index (χ1n) is 7.00. The third-order valence-corrected chi connectivity index (χ3v) is 3.78. The minimum Gasteiger partial charge on any atom is -0.314 e. The van der Waals surface area contributed by atoms with E-state index in [1.807, 2.05) is 12.1 Å². The average Bonchev–Trinajstić information content (AvgIpc) is 2.81. The van der Waals surface area contributed by atoms with Crippen LogP contribution in [0.4, 0.5) is 0 Å². The number of hydrogen-bond acceptors (Lipinski definition) is 3. The van der Waals surface area contributed by atoms with Crippen LogP contribution in [0.5, 0.6) is 0 Å². The maximum Gasteiger partial charge on any atom is 0.332 e. The van der Waals surface area contributed by atoms with Gasteiger partial charge >= 0.3 is 5.69 Å². The summed E-state index contributed by atoms with van der Waals surface area (Å²) in [7, 11) is 1.76. The number of benzene rings is 1. The Kier molecular flexibility index (Phi) is 3.71. The summed E-state index contributed by atoms with van der Waals surface area (Å²) < 4.78 is 3.24. The molecule has 0 unspecified atom stereocenters. The average molecular weight is 272 g/mol. The van der Waals surface area contributed by atoms with E-state index in [2.05, 4.69) is 22.3 Å². The van der Waals surface area contributed by atoms with Crippen molar-refractivity contribution in [1.82, 2.24) is 19.4 Å². The van der Waals surface area contributed by atoms with E-state index in [0.29, 0.717) is 0 Å². The van der Waals surface area contributed by atoms with Gasteiger partial charge in [0.25, 0.3) is 0 Å². The monoisotopic (exact) mass is 272 g/mol. The van der Waals surface area contributed by atoms with Gasteiger partial charge in [0, 0.05) is 52.2 Å². The topological polar surface area (TPSA) is 42.2 Å². The zero-order chi connectivity index (χ0) is 13.9. The van der Waals surface area contributed by atoms with Crippen LogP contribution in [0.2, 0.25) is 0 Å². The molecule has 5 heteroatoms. The van der Waals surface area contributed by atoms with Gasteiger partial charge in [0.05, 0.1) is 5.69 Å². The Morgan fingerprint density at radius 1 is 1.10 bits per heavy atom. The maximum atomic E-state index is 11.9. The summed E-state index contributed by atoms with van der Waals surface area (Å²) in [5.74, 6) is 0. The molecule has 1 fully saturated rings. The van der Waals surface area contributed by atoms with Crippen LogP contribution in [-0.4, -0.2) is 40.2 Å². The highest BCUT2D eigenvalue weighted by Gasteiger charge is 2.10. The van der Waals surface area contributed by atoms with Gasteiger partial charge in [-0.05, 0) is 17.7 Å². The molecular formula is C15H20N4O. The van der Waals surface area contributed by atoms with Gasteiger partial charge in [-0.15, -0.1) is 0 Å². The molecule has 1 aromatic carbocycles. The molecule has 106 valence electrons. The number of rotatable bonds is 3. The summed E-state index contributed by atoms with van der Waals surface area (Å²) in [6.45, 7) is 5.31. The Morgan fingerprint density at radius 2 is 1.80 bits per heavy atom. The summed E-state index contributed by atoms with van der Waals surface area (Å²) >= 11 is 0. The Morgan fingerprint density at radius 3 is 2.40 bits per heavy atom. The largest absolute Gasteiger partial charge is 0.332 e. The van der Waals surface area contributed by atoms with Gasteiger partial charge in [0.2, 0.25) is 0 Å². The lowest BCUT2D eigenvalue weighted by molar-refractivity contribution is 0.233. The molecule has 1 aromatic heterocycles. The summed E-state index contributed by atoms with van der Waals surface area (Å²) in [4.78, 5) is 14.3. The van der Waals surface area contributed by atoms with E-state index >= 15 is 0 Å². The molecule has 0 radical (unpaired) electrons. The first-order chi connectivity index (χ1) is 9.74. The van der Waals surface area contributed by atoms with Gasteiger partial charge in [0.1, 0.15) is 0 Å². The van der Waals surface area contributed by atoms with Crippen molar-refractivity contribution in [3.63, 3.8) is 0 Å². The highest BCUT2D eigenvalue weighted by molar-refractivity contribution is 5.34. The molecule has 1 N–H and O–H groups in total. The Labute approximate surface area is 118 Å². The minimum absolute atomic E-state index is 0.0140. The van der Waals surface area contributed by atoms with Crippen molar-refractivity contribution in [1.29, 1.82) is 0 Å². The predicted molar refractivity (Wildman–Crippen MR) is 79.2 cm³/mol. The van der Waals surface area contributed by atoms with Gasteiger partial charge in [-0.3, -0.25) is 9.47 Å². The van der Waals surface area contributed by atoms with Crippen molar-refractivity contribution in [2.75, 3.05) is 26.2 Å². The number of imidazole rings is 1. The first kappa shape index (κ1) is 13.1. The molecule has 1 aliphatic rings. The van der Waals surface area contributed by atoms with Crippen LogP contribution < -0.4 is 11.0 Å². The second-order valence-corrected chi connectivity index (χ2v) is 5.25. The molecule has 0 spiro atoms. The molecule has 1 saturated heterocycles. The molecule has 0 atom stereocenters. The van der Waals surface area contributed by atoms with Gasteiger partial charge in [-0.1, -0.05) is 12.1 Å². The highest BCUT2D eigenvalue weighted by Crippen LogP contribution is 2.10. The number of nitrogens with zero attached hydrogens (tertiary/aromatic N) is 3. The van der Waals surface area contributed by atoms with E-state index < -0.39 is 0 Å². The van der Waals surface area contributed by atoms with Gasteiger partial charge < -0.3 is 9.88 Å². The van der Waals surface area contributed by atoms with Crippen LogP contribution in [-0.2, 0) is 13.6 Å². The van der Waals surface area contributed by atoms with Crippen molar-refractivity contribution < 1.29 is 0 Å². The zero-order valence-electron chi connectivity index (χ0n) is 11.7. The number of nitrogens with one attached hydrogen (secondary N) is 1. The van der Waals surface area contributed by atoms with Crippen LogP contribution >= 0.6 is 0 Å². The van der Waals surface area contributed by atoms with Gasteiger partial charge in [-0.2, -0.15) is 0 Å². The van der Waals surface area contributed by atoms with Gasteiger partial charge in [-0.25, -0.2) is 4.79 Å². The molecule has 3 rings (SSSR count). The van der Waals surface area contributed by atoms with Crippen molar-refractivity contribution in [2.45, 2.75) is 6.54 Å². The lowest BCUT2D eigenvalue weighted by Gasteiger charge is -2.27. The zero-order valence-corrected chi connectivity index (χ0v) is 11.7. The third-order valence-electron chi connectivity index (χ3n) is 3.78. The van der Waals surface area contributed by atoms with Crippen molar-refractivity contribution in [2.24, 2.45) is 7.05 Å². The smallest absolute Gasteiger partial charge is 0.314 e. The summed E-state index contributed by atoms with van der Waals surface area (Å²) in [5.41, 5.74) is 2.19. The van der Waals surface area contributed by atoms with E-state index in [9.17, 15) is 4.79 Å². The quantitative estimate of drug-likeness (QED) is 0.889. The maximum absolute atomic E-state index is 11.9. The second-order valence-electron chi connectivity index (χ2n) is 5.25. The number of hydrogen-bond donors (Lipinski definition) is 1. The Hall–Kier alpha value is -1.85. The van der Waals surface area contributed by atoms with E-state index in [1.165, 1.54) is 5.56 Å². The first-order valence-corrected chi connectivity index (χ1v) is 7.00. The number of aromatic nitrogens is 2. The summed E-state index contributed by atoms with van der Waals surface area (Å²) in [6.07, 6.45) is 3.57. The standard InChI is InChI=1S/C15H20N4O/c1-17-10-11-19(15(17)20)14-4-2-13(3-5-14)12-18-8-6-16-7-9-18/h2-5,10-11,16H,6-9,12H2,1H3. The fourth-order valence-corrected chi connectivity index (χ4v) is 2.55. The van der Waals surface area contributed by atoms with Gasteiger partial charge in [0.15, 0.2) is 0 Å². The fraction of sp³-hybridized carbons (Fsp3) is 0.400. The molecule has 20 heavy (non-hydrogen) atoms. The lowest BCUT2D eigenvalue weighted by Crippen LogP contribution is -2.42. The highest BCUT2D eigenvalue weighted by atomic mass is 16.1. The van der Waals surface area contributed by atoms with Crippen molar-refractivity contribution in [3.8, 4) is 5.69 Å². The van der Waals surface area contributed by atoms with Crippen LogP contribution in [0.25, 0.3) is 5.69 Å². The molecule has 5 nitrogen and oxygen atoms in total. The minimum atomic E-state index is -0.0140. The molecule has 1 aliphatic heterocycles. The van der Waals surface area contributed by atoms with E-state index in [4.69, 9.17) is 0 Å². The van der Waals surface area contributed by atoms with E-state index in [1.54, 1.807) is 28.6 Å². The fourth-order valence-electron chi connectivity index (χ4n) is 2.55. The van der Waals surface area contributed by atoms with Crippen LogP contribution in [0, 0.1) is 0 Å². The number of piperazine rings is 1. The SMILES string of the molecule is Cn1ccn(-c2ccc(CN3CCNCC3)cc2)c1=O. The van der Waals surface area contributed by atoms with E-state index in [-0.39, 0.29) is 5.69 Å². The molecular weight excluding hydrogens is 252 g/mol. The second kappa shape index (κ2) is 5.64. The normalized spacial score (nSPS) is 16.4. The predicted octanol–water partition coefficient (Wildman–Crippen LogP) is 0.581. The van der Waals surface area contributed by atoms with Crippen LogP contribution in [0.1, 0.15) is 5.56 Å². The molecule has 0 saturated carbocycles. The summed E-state index contributed by atoms with van der Waals surface area (Å²) in [5, 5.41) is 3.36. The van der Waals surface area contributed by atoms with Crippen LogP contribution in [0.15, 0.2) is 41.5 Å². The van der Waals surface area contributed by atoms with E-state index in [0.717, 1.165) is 38.4 Å².